The maximum Gasteiger partial charge on any atom is 0.126 e. The van der Waals surface area contributed by atoms with E-state index >= 15 is 0 Å². The van der Waals surface area contributed by atoms with E-state index in [4.69, 9.17) is 9.73 Å². The summed E-state index contributed by atoms with van der Waals surface area (Å²) >= 11 is 0. The zero-order chi connectivity index (χ0) is 24.1. The quantitative estimate of drug-likeness (QED) is 0.249. The number of nitrogens with zero attached hydrogens (tertiary/aromatic N) is 1. The lowest BCUT2D eigenvalue weighted by Gasteiger charge is -2.33. The summed E-state index contributed by atoms with van der Waals surface area (Å²) < 4.78 is 6.50. The zero-order valence-corrected chi connectivity index (χ0v) is 22.2. The molecule has 0 amide bonds. The summed E-state index contributed by atoms with van der Waals surface area (Å²) in [6, 6.07) is 23.7. The van der Waals surface area contributed by atoms with Gasteiger partial charge in [-0.25, -0.2) is 0 Å². The van der Waals surface area contributed by atoms with Crippen molar-refractivity contribution in [1.29, 1.82) is 0 Å². The summed E-state index contributed by atoms with van der Waals surface area (Å²) in [4.78, 5) is 4.78. The third-order valence-electron chi connectivity index (χ3n) is 5.91. The molecule has 0 bridgehead atoms. The van der Waals surface area contributed by atoms with Gasteiger partial charge in [0.2, 0.25) is 0 Å². The first-order valence-corrected chi connectivity index (χ1v) is 12.8. The molecule has 3 aromatic carbocycles. The molecular weight excluding hydrogens is 421 g/mol. The topological polar surface area (TPSA) is 21.6 Å². The van der Waals surface area contributed by atoms with Gasteiger partial charge in [-0.1, -0.05) is 94.7 Å². The molecule has 3 aromatic rings. The average Bonchev–Trinajstić information content (AvgIpc) is 2.77. The lowest BCUT2D eigenvalue weighted by atomic mass is 9.92. The second-order valence-electron chi connectivity index (χ2n) is 10.1. The Morgan fingerprint density at radius 3 is 2.24 bits per heavy atom. The van der Waals surface area contributed by atoms with Crippen LogP contribution in [0, 0.1) is 13.8 Å². The van der Waals surface area contributed by atoms with E-state index in [-0.39, 0.29) is 10.7 Å². The van der Waals surface area contributed by atoms with E-state index in [0.29, 0.717) is 15.2 Å². The molecule has 2 nitrogen and oxygen atoms in total. The highest BCUT2D eigenvalue weighted by Gasteiger charge is 2.30. The van der Waals surface area contributed by atoms with Crippen molar-refractivity contribution >= 4 is 20.1 Å². The minimum absolute atomic E-state index is 0.0333. The fourth-order valence-electron chi connectivity index (χ4n) is 3.92. The number of aryl methyl sites for hydroxylation is 2. The van der Waals surface area contributed by atoms with Crippen molar-refractivity contribution < 1.29 is 4.74 Å². The van der Waals surface area contributed by atoms with E-state index in [1.807, 2.05) is 12.3 Å². The van der Waals surface area contributed by atoms with E-state index in [0.717, 1.165) is 12.2 Å². The normalized spacial score (nSPS) is 14.2. The Morgan fingerprint density at radius 1 is 0.909 bits per heavy atom. The van der Waals surface area contributed by atoms with Crippen LogP contribution >= 0.6 is 8.58 Å². The Morgan fingerprint density at radius 2 is 1.58 bits per heavy atom. The number of hydrogen-bond donors (Lipinski definition) is 0. The molecule has 174 valence electrons. The van der Waals surface area contributed by atoms with E-state index in [2.05, 4.69) is 109 Å². The Hall–Kier alpha value is -2.44. The van der Waals surface area contributed by atoms with Gasteiger partial charge in [-0.15, -0.1) is 0 Å². The second-order valence-corrected chi connectivity index (χ2v) is 12.0. The molecule has 2 atom stereocenters. The van der Waals surface area contributed by atoms with Gasteiger partial charge in [0, 0.05) is 16.9 Å². The molecule has 3 heteroatoms. The van der Waals surface area contributed by atoms with Gasteiger partial charge in [0.05, 0.1) is 5.54 Å². The van der Waals surface area contributed by atoms with E-state index in [1.54, 1.807) is 0 Å². The summed E-state index contributed by atoms with van der Waals surface area (Å²) in [6.45, 7) is 16.0. The average molecular weight is 460 g/mol. The maximum atomic E-state index is 6.50. The van der Waals surface area contributed by atoms with Crippen molar-refractivity contribution in [1.82, 2.24) is 0 Å². The molecule has 33 heavy (non-hydrogen) atoms. The molecule has 0 aromatic heterocycles. The second kappa shape index (κ2) is 10.7. The third-order valence-corrected chi connectivity index (χ3v) is 7.81. The molecule has 0 aliphatic heterocycles. The fourth-order valence-corrected chi connectivity index (χ4v) is 5.48. The first-order valence-electron chi connectivity index (χ1n) is 11.8. The molecule has 0 fully saturated rings. The van der Waals surface area contributed by atoms with Gasteiger partial charge in [-0.2, -0.15) is 0 Å². The van der Waals surface area contributed by atoms with E-state index < -0.39 is 0 Å². The lowest BCUT2D eigenvalue weighted by molar-refractivity contribution is 0.297. The van der Waals surface area contributed by atoms with E-state index in [9.17, 15) is 0 Å². The molecule has 0 saturated carbocycles. The summed E-state index contributed by atoms with van der Waals surface area (Å²) in [5.74, 6) is 1.03. The van der Waals surface area contributed by atoms with Crippen molar-refractivity contribution in [3.63, 3.8) is 0 Å². The molecule has 0 radical (unpaired) electrons. The number of benzene rings is 3. The standard InChI is InChI=1S/C30H38NOP/c1-8-30(7,33-27-17-13-12-16-25(27)20-31-29(4,5)6)26-19-22(2)18-23(3)28(26)32-21-24-14-10-9-11-15-24/h9-20,33H,8,21H2,1-7H3/b31-20+. The minimum atomic E-state index is -0.0869. The Kier molecular flexibility index (Phi) is 8.14. The van der Waals surface area contributed by atoms with Gasteiger partial charge in [-0.3, -0.25) is 4.99 Å². The highest BCUT2D eigenvalue weighted by molar-refractivity contribution is 7.48. The predicted molar refractivity (Wildman–Crippen MR) is 146 cm³/mol. The van der Waals surface area contributed by atoms with Crippen LogP contribution in [0.25, 0.3) is 0 Å². The van der Waals surface area contributed by atoms with Crippen LogP contribution in [0.15, 0.2) is 71.7 Å². The van der Waals surface area contributed by atoms with Crippen molar-refractivity contribution in [2.75, 3.05) is 0 Å². The van der Waals surface area contributed by atoms with Gasteiger partial charge in [0.25, 0.3) is 0 Å². The highest BCUT2D eigenvalue weighted by atomic mass is 31.1. The number of ether oxygens (including phenoxy) is 1. The molecule has 0 heterocycles. The first kappa shape index (κ1) is 25.2. The molecule has 3 rings (SSSR count). The number of hydrogen-bond acceptors (Lipinski definition) is 2. The Balaban J connectivity index is 1.99. The van der Waals surface area contributed by atoms with Crippen LogP contribution in [0.2, 0.25) is 0 Å². The SMILES string of the molecule is CCC(C)(Pc1ccccc1/C=N/C(C)(C)C)c1cc(C)cc(C)c1OCc1ccccc1. The lowest BCUT2D eigenvalue weighted by Crippen LogP contribution is -2.22. The Labute approximate surface area is 202 Å². The molecular formula is C30H38NOP. The maximum absolute atomic E-state index is 6.50. The van der Waals surface area contributed by atoms with Gasteiger partial charge >= 0.3 is 0 Å². The summed E-state index contributed by atoms with van der Waals surface area (Å²) in [6.07, 6.45) is 3.08. The van der Waals surface area contributed by atoms with Crippen LogP contribution in [0.5, 0.6) is 5.75 Å². The Bertz CT molecular complexity index is 1100. The van der Waals surface area contributed by atoms with Crippen molar-refractivity contribution in [3.8, 4) is 5.75 Å². The molecule has 2 unspecified atom stereocenters. The summed E-state index contributed by atoms with van der Waals surface area (Å²) in [5.41, 5.74) is 6.10. The highest BCUT2D eigenvalue weighted by Crippen LogP contribution is 2.49. The predicted octanol–water partition coefficient (Wildman–Crippen LogP) is 7.73. The van der Waals surface area contributed by atoms with Crippen molar-refractivity contribution in [2.24, 2.45) is 4.99 Å². The van der Waals surface area contributed by atoms with Gasteiger partial charge < -0.3 is 4.74 Å². The summed E-state index contributed by atoms with van der Waals surface area (Å²) in [7, 11) is 0.607. The van der Waals surface area contributed by atoms with Gasteiger partial charge in [-0.05, 0) is 63.0 Å². The number of rotatable bonds is 8. The minimum Gasteiger partial charge on any atom is -0.488 e. The molecule has 0 aliphatic rings. The van der Waals surface area contributed by atoms with Gasteiger partial charge in [0.15, 0.2) is 0 Å². The molecule has 0 saturated heterocycles. The third kappa shape index (κ3) is 6.78. The van der Waals surface area contributed by atoms with Crippen molar-refractivity contribution in [3.05, 3.63) is 94.5 Å². The monoisotopic (exact) mass is 459 g/mol. The summed E-state index contributed by atoms with van der Waals surface area (Å²) in [5, 5.41) is 1.32. The van der Waals surface area contributed by atoms with Crippen LogP contribution in [0.4, 0.5) is 0 Å². The largest absolute Gasteiger partial charge is 0.488 e. The first-order chi connectivity index (χ1) is 15.6. The van der Waals surface area contributed by atoms with Crippen LogP contribution < -0.4 is 10.0 Å². The van der Waals surface area contributed by atoms with Crippen LogP contribution in [-0.2, 0) is 11.8 Å². The smallest absolute Gasteiger partial charge is 0.126 e. The fraction of sp³-hybridized carbons (Fsp3) is 0.367. The molecule has 0 N–H and O–H groups in total. The van der Waals surface area contributed by atoms with Gasteiger partial charge in [0.1, 0.15) is 12.4 Å². The zero-order valence-electron chi connectivity index (χ0n) is 21.2. The van der Waals surface area contributed by atoms with E-state index in [1.165, 1.54) is 33.1 Å². The number of aliphatic imine (C=N–C) groups is 1. The van der Waals surface area contributed by atoms with Crippen molar-refractivity contribution in [2.45, 2.75) is 72.2 Å². The molecule has 0 spiro atoms. The van der Waals surface area contributed by atoms with Crippen LogP contribution in [0.3, 0.4) is 0 Å². The molecule has 0 aliphatic carbocycles. The van der Waals surface area contributed by atoms with Crippen LogP contribution in [-0.4, -0.2) is 11.8 Å². The van der Waals surface area contributed by atoms with Crippen LogP contribution in [0.1, 0.15) is 68.9 Å².